The Kier molecular flexibility index (Phi) is 6.73. The number of halogens is 1. The Morgan fingerprint density at radius 1 is 1.14 bits per heavy atom. The molecule has 2 aliphatic heterocycles. The fourth-order valence-electron chi connectivity index (χ4n) is 5.47. The molecule has 0 aliphatic carbocycles. The summed E-state index contributed by atoms with van der Waals surface area (Å²) in [6, 6.07) is 16.6. The lowest BCUT2D eigenvalue weighted by Crippen LogP contribution is -2.46. The molecule has 7 heteroatoms. The summed E-state index contributed by atoms with van der Waals surface area (Å²) in [4.78, 5) is 22.5. The van der Waals surface area contributed by atoms with E-state index in [0.717, 1.165) is 44.8 Å². The minimum atomic E-state index is -0.879. The van der Waals surface area contributed by atoms with Gasteiger partial charge in [-0.15, -0.1) is 0 Å². The quantitative estimate of drug-likeness (QED) is 0.495. The van der Waals surface area contributed by atoms with Crippen molar-refractivity contribution in [3.05, 3.63) is 76.9 Å². The number of fused-ring (bicyclic) bond motifs is 1. The van der Waals surface area contributed by atoms with Gasteiger partial charge in [0.25, 0.3) is 0 Å². The molecule has 6 nitrogen and oxygen atoms in total. The van der Waals surface area contributed by atoms with Crippen molar-refractivity contribution in [2.75, 3.05) is 25.0 Å². The molecule has 1 saturated heterocycles. The standard InChI is InChI=1S/C30H33FN4O2/c1-18-8-19(2)10-24(9-18)35-17-33-28-11-20(3)26(21-6-5-7-25(36)12-21)14-27(28)29(35)30(37)34(4)16-23-13-22(31)15-32-23/h5-12,14,17,22-23,29,32,36H,13,15-16H2,1-4H3/t22-,23-,29?/m0/s1. The van der Waals surface area contributed by atoms with Crippen LogP contribution in [-0.4, -0.2) is 54.6 Å². The Bertz CT molecular complexity index is 1350. The molecule has 0 aromatic heterocycles. The largest absolute Gasteiger partial charge is 0.508 e. The number of aromatic hydroxyl groups is 1. The average molecular weight is 501 g/mol. The molecule has 3 aromatic rings. The zero-order valence-electron chi connectivity index (χ0n) is 21.7. The Morgan fingerprint density at radius 2 is 1.89 bits per heavy atom. The highest BCUT2D eigenvalue weighted by Crippen LogP contribution is 2.41. The number of rotatable bonds is 5. The van der Waals surface area contributed by atoms with Crippen LogP contribution in [0.1, 0.15) is 34.7 Å². The first-order valence-corrected chi connectivity index (χ1v) is 12.7. The number of hydrogen-bond donors (Lipinski definition) is 2. The van der Waals surface area contributed by atoms with Gasteiger partial charge in [-0.3, -0.25) is 4.79 Å². The van der Waals surface area contributed by atoms with Gasteiger partial charge in [0.15, 0.2) is 0 Å². The molecule has 2 heterocycles. The minimum absolute atomic E-state index is 0.0729. The second-order valence-electron chi connectivity index (χ2n) is 10.3. The number of anilines is 1. The fraction of sp³-hybridized carbons (Fsp3) is 0.333. The molecule has 3 atom stereocenters. The van der Waals surface area contributed by atoms with E-state index < -0.39 is 12.2 Å². The Morgan fingerprint density at radius 3 is 2.57 bits per heavy atom. The van der Waals surface area contributed by atoms with E-state index in [4.69, 9.17) is 4.99 Å². The molecule has 1 amide bonds. The lowest BCUT2D eigenvalue weighted by molar-refractivity contribution is -0.131. The summed E-state index contributed by atoms with van der Waals surface area (Å²) in [6.07, 6.45) is 1.27. The molecule has 192 valence electrons. The molecule has 5 rings (SSSR count). The first-order chi connectivity index (χ1) is 17.7. The first kappa shape index (κ1) is 25.0. The summed E-state index contributed by atoms with van der Waals surface area (Å²) in [7, 11) is 1.78. The molecule has 0 spiro atoms. The van der Waals surface area contributed by atoms with Crippen LogP contribution in [0.15, 0.2) is 59.6 Å². The predicted octanol–water partition coefficient (Wildman–Crippen LogP) is 5.36. The Hall–Kier alpha value is -3.71. The van der Waals surface area contributed by atoms with Gasteiger partial charge in [-0.2, -0.15) is 0 Å². The summed E-state index contributed by atoms with van der Waals surface area (Å²) in [6.45, 7) is 6.84. The van der Waals surface area contributed by atoms with E-state index in [-0.39, 0.29) is 17.7 Å². The van der Waals surface area contributed by atoms with Crippen molar-refractivity contribution in [3.63, 3.8) is 0 Å². The fourth-order valence-corrected chi connectivity index (χ4v) is 5.47. The number of nitrogens with zero attached hydrogens (tertiary/aromatic N) is 3. The van der Waals surface area contributed by atoms with Crippen LogP contribution in [0, 0.1) is 20.8 Å². The van der Waals surface area contributed by atoms with E-state index in [0.29, 0.717) is 19.5 Å². The van der Waals surface area contributed by atoms with Crippen LogP contribution in [0.4, 0.5) is 15.8 Å². The van der Waals surface area contributed by atoms with Gasteiger partial charge in [0, 0.05) is 37.4 Å². The summed E-state index contributed by atoms with van der Waals surface area (Å²) in [5.41, 5.74) is 7.44. The van der Waals surface area contributed by atoms with E-state index in [9.17, 15) is 14.3 Å². The highest BCUT2D eigenvalue weighted by molar-refractivity contribution is 5.99. The first-order valence-electron chi connectivity index (χ1n) is 12.7. The molecule has 3 aromatic carbocycles. The number of phenolic OH excluding ortho intramolecular Hbond substituents is 1. The van der Waals surface area contributed by atoms with E-state index in [1.54, 1.807) is 30.4 Å². The Balaban J connectivity index is 1.60. The van der Waals surface area contributed by atoms with Crippen LogP contribution in [0.5, 0.6) is 5.75 Å². The van der Waals surface area contributed by atoms with Crippen molar-refractivity contribution >= 4 is 23.6 Å². The normalized spacial score (nSPS) is 20.7. The third kappa shape index (κ3) is 5.09. The van der Waals surface area contributed by atoms with Crippen LogP contribution in [0.25, 0.3) is 11.1 Å². The molecule has 37 heavy (non-hydrogen) atoms. The maximum atomic E-state index is 14.1. The number of aliphatic imine (C=N–C) groups is 1. The molecule has 0 saturated carbocycles. The van der Waals surface area contributed by atoms with E-state index in [1.807, 2.05) is 49.9 Å². The van der Waals surface area contributed by atoms with Gasteiger partial charge in [0.2, 0.25) is 5.91 Å². The van der Waals surface area contributed by atoms with E-state index >= 15 is 0 Å². The van der Waals surface area contributed by atoms with Crippen LogP contribution < -0.4 is 10.2 Å². The van der Waals surface area contributed by atoms with Gasteiger partial charge in [-0.05, 0) is 91.4 Å². The minimum Gasteiger partial charge on any atom is -0.508 e. The summed E-state index contributed by atoms with van der Waals surface area (Å²) >= 11 is 0. The van der Waals surface area contributed by atoms with Gasteiger partial charge < -0.3 is 20.2 Å². The summed E-state index contributed by atoms with van der Waals surface area (Å²) in [5, 5.41) is 13.3. The number of amides is 1. The highest BCUT2D eigenvalue weighted by Gasteiger charge is 2.36. The molecular weight excluding hydrogens is 467 g/mol. The molecule has 2 N–H and O–H groups in total. The average Bonchev–Trinajstić information content (AvgIpc) is 3.26. The molecule has 1 unspecified atom stereocenters. The van der Waals surface area contributed by atoms with Crippen molar-refractivity contribution in [2.45, 2.75) is 45.4 Å². The maximum Gasteiger partial charge on any atom is 0.250 e. The molecule has 2 aliphatic rings. The topological polar surface area (TPSA) is 68.2 Å². The zero-order chi connectivity index (χ0) is 26.3. The van der Waals surface area contributed by atoms with Crippen LogP contribution in [0.2, 0.25) is 0 Å². The van der Waals surface area contributed by atoms with Crippen LogP contribution in [-0.2, 0) is 4.79 Å². The number of phenols is 1. The van der Waals surface area contributed by atoms with Gasteiger partial charge in [0.05, 0.1) is 12.0 Å². The van der Waals surface area contributed by atoms with Gasteiger partial charge >= 0.3 is 0 Å². The SMILES string of the molecule is Cc1cc(C)cc(N2C=Nc3cc(C)c(-c4cccc(O)c4)cc3C2C(=O)N(C)C[C@@H]2C[C@H](F)CN2)c1. The molecule has 0 radical (unpaired) electrons. The number of carbonyl (C=O) groups excluding carboxylic acids is 1. The maximum absolute atomic E-state index is 14.1. The molecular formula is C30H33FN4O2. The van der Waals surface area contributed by atoms with Gasteiger partial charge in [-0.25, -0.2) is 9.38 Å². The smallest absolute Gasteiger partial charge is 0.250 e. The lowest BCUT2D eigenvalue weighted by Gasteiger charge is -2.36. The predicted molar refractivity (Wildman–Crippen MR) is 147 cm³/mol. The number of alkyl halides is 1. The van der Waals surface area contributed by atoms with Gasteiger partial charge in [0.1, 0.15) is 18.0 Å². The van der Waals surface area contributed by atoms with Crippen molar-refractivity contribution in [1.82, 2.24) is 10.2 Å². The number of benzene rings is 3. The molecule has 0 bridgehead atoms. The number of aryl methyl sites for hydroxylation is 3. The second-order valence-corrected chi connectivity index (χ2v) is 10.3. The van der Waals surface area contributed by atoms with Crippen molar-refractivity contribution in [1.29, 1.82) is 0 Å². The second kappa shape index (κ2) is 9.98. The highest BCUT2D eigenvalue weighted by atomic mass is 19.1. The number of hydrogen-bond acceptors (Lipinski definition) is 5. The van der Waals surface area contributed by atoms with Crippen molar-refractivity contribution in [2.24, 2.45) is 4.99 Å². The van der Waals surface area contributed by atoms with Gasteiger partial charge in [-0.1, -0.05) is 18.2 Å². The number of nitrogens with one attached hydrogen (secondary N) is 1. The summed E-state index contributed by atoms with van der Waals surface area (Å²) in [5.74, 6) is 0.105. The van der Waals surface area contributed by atoms with Crippen molar-refractivity contribution < 1.29 is 14.3 Å². The third-order valence-corrected chi connectivity index (χ3v) is 7.20. The Labute approximate surface area is 217 Å². The summed E-state index contributed by atoms with van der Waals surface area (Å²) < 4.78 is 13.8. The van der Waals surface area contributed by atoms with E-state index in [2.05, 4.69) is 23.5 Å². The number of carbonyl (C=O) groups is 1. The molecule has 1 fully saturated rings. The monoisotopic (exact) mass is 500 g/mol. The zero-order valence-corrected chi connectivity index (χ0v) is 21.7. The van der Waals surface area contributed by atoms with Crippen LogP contribution >= 0.6 is 0 Å². The van der Waals surface area contributed by atoms with E-state index in [1.165, 1.54) is 0 Å². The third-order valence-electron chi connectivity index (χ3n) is 7.20. The lowest BCUT2D eigenvalue weighted by atomic mass is 9.91. The van der Waals surface area contributed by atoms with Crippen LogP contribution in [0.3, 0.4) is 0 Å². The number of likely N-dealkylation sites (N-methyl/N-ethyl adjacent to an activating group) is 1. The van der Waals surface area contributed by atoms with Crippen molar-refractivity contribution in [3.8, 4) is 16.9 Å².